The topological polar surface area (TPSA) is 37.4 Å². The second kappa shape index (κ2) is 7.07. The van der Waals surface area contributed by atoms with E-state index in [2.05, 4.69) is 49.9 Å². The molecule has 0 radical (unpaired) electrons. The van der Waals surface area contributed by atoms with E-state index in [0.717, 1.165) is 24.0 Å². The smallest absolute Gasteiger partial charge is 0.185 e. The Morgan fingerprint density at radius 3 is 2.61 bits per heavy atom. The average molecular weight is 271 g/mol. The quantitative estimate of drug-likeness (QED) is 0.827. The molecule has 0 aliphatic rings. The molecule has 0 bridgehead atoms. The van der Waals surface area contributed by atoms with Crippen LogP contribution < -0.4 is 10.2 Å². The van der Waals surface area contributed by atoms with Crippen LogP contribution in [0.15, 0.2) is 0 Å². The van der Waals surface area contributed by atoms with Gasteiger partial charge in [0.05, 0.1) is 18.4 Å². The number of likely N-dealkylation sites (N-methyl/N-ethyl adjacent to an activating group) is 1. The van der Waals surface area contributed by atoms with E-state index in [4.69, 9.17) is 4.74 Å². The van der Waals surface area contributed by atoms with Crippen molar-refractivity contribution in [3.63, 3.8) is 0 Å². The fourth-order valence-corrected chi connectivity index (χ4v) is 2.73. The Labute approximate surface area is 114 Å². The third-order valence-electron chi connectivity index (χ3n) is 2.85. The van der Waals surface area contributed by atoms with E-state index in [0.29, 0.717) is 6.04 Å². The van der Waals surface area contributed by atoms with Gasteiger partial charge in [0.15, 0.2) is 5.13 Å². The minimum atomic E-state index is 0.288. The first kappa shape index (κ1) is 15.4. The largest absolute Gasteiger partial charge is 0.377 e. The number of hydrogen-bond acceptors (Lipinski definition) is 5. The molecule has 1 atom stereocenters. The number of anilines is 1. The van der Waals surface area contributed by atoms with Crippen LogP contribution >= 0.6 is 11.3 Å². The average Bonchev–Trinajstić information content (AvgIpc) is 2.70. The molecule has 0 aliphatic carbocycles. The van der Waals surface area contributed by atoms with Crippen LogP contribution in [-0.4, -0.2) is 38.3 Å². The van der Waals surface area contributed by atoms with Crippen molar-refractivity contribution in [3.8, 4) is 0 Å². The molecule has 0 saturated heterocycles. The summed E-state index contributed by atoms with van der Waals surface area (Å²) in [5.74, 6) is 0. The Balaban J connectivity index is 2.60. The first-order valence-electron chi connectivity index (χ1n) is 6.43. The molecule has 4 nitrogen and oxygen atoms in total. The SMILES string of the molecule is CNC(C)c1sc(N(C)CCOC(C)C)nc1C. The van der Waals surface area contributed by atoms with Crippen molar-refractivity contribution in [2.75, 3.05) is 32.1 Å². The van der Waals surface area contributed by atoms with Gasteiger partial charge in [-0.15, -0.1) is 11.3 Å². The molecule has 0 amide bonds. The van der Waals surface area contributed by atoms with Crippen LogP contribution in [0.5, 0.6) is 0 Å². The number of aromatic nitrogens is 1. The van der Waals surface area contributed by atoms with Crippen molar-refractivity contribution in [2.45, 2.75) is 39.8 Å². The highest BCUT2D eigenvalue weighted by Crippen LogP contribution is 2.29. The zero-order valence-electron chi connectivity index (χ0n) is 12.3. The van der Waals surface area contributed by atoms with E-state index < -0.39 is 0 Å². The minimum Gasteiger partial charge on any atom is -0.377 e. The molecule has 18 heavy (non-hydrogen) atoms. The van der Waals surface area contributed by atoms with Crippen molar-refractivity contribution in [3.05, 3.63) is 10.6 Å². The van der Waals surface area contributed by atoms with Crippen LogP contribution in [0, 0.1) is 6.92 Å². The lowest BCUT2D eigenvalue weighted by Crippen LogP contribution is -2.23. The van der Waals surface area contributed by atoms with E-state index >= 15 is 0 Å². The fraction of sp³-hybridized carbons (Fsp3) is 0.769. The van der Waals surface area contributed by atoms with Crippen LogP contribution in [0.2, 0.25) is 0 Å². The number of rotatable bonds is 7. The molecule has 1 N–H and O–H groups in total. The third kappa shape index (κ3) is 4.23. The molecule has 0 aliphatic heterocycles. The summed E-state index contributed by atoms with van der Waals surface area (Å²) in [6.45, 7) is 9.95. The van der Waals surface area contributed by atoms with E-state index in [-0.39, 0.29) is 6.10 Å². The van der Waals surface area contributed by atoms with Gasteiger partial charge < -0.3 is 15.0 Å². The number of hydrogen-bond donors (Lipinski definition) is 1. The summed E-state index contributed by atoms with van der Waals surface area (Å²) in [5, 5.41) is 4.33. The Bertz CT molecular complexity index is 365. The van der Waals surface area contributed by atoms with Gasteiger partial charge >= 0.3 is 0 Å². The number of ether oxygens (including phenoxy) is 1. The summed E-state index contributed by atoms with van der Waals surface area (Å²) in [4.78, 5) is 8.09. The summed E-state index contributed by atoms with van der Waals surface area (Å²) in [7, 11) is 4.04. The Hall–Kier alpha value is -0.650. The van der Waals surface area contributed by atoms with Crippen molar-refractivity contribution in [2.24, 2.45) is 0 Å². The summed E-state index contributed by atoms with van der Waals surface area (Å²) in [6, 6.07) is 0.358. The van der Waals surface area contributed by atoms with Crippen LogP contribution in [0.25, 0.3) is 0 Å². The highest BCUT2D eigenvalue weighted by Gasteiger charge is 2.15. The van der Waals surface area contributed by atoms with Crippen LogP contribution in [-0.2, 0) is 4.74 Å². The van der Waals surface area contributed by atoms with Crippen LogP contribution in [0.1, 0.15) is 37.4 Å². The van der Waals surface area contributed by atoms with Gasteiger partial charge in [-0.25, -0.2) is 4.98 Å². The predicted octanol–water partition coefficient (Wildman–Crippen LogP) is 2.59. The van der Waals surface area contributed by atoms with Crippen molar-refractivity contribution >= 4 is 16.5 Å². The van der Waals surface area contributed by atoms with E-state index in [9.17, 15) is 0 Å². The number of aryl methyl sites for hydroxylation is 1. The molecule has 1 unspecified atom stereocenters. The molecule has 0 fully saturated rings. The van der Waals surface area contributed by atoms with E-state index in [1.165, 1.54) is 4.88 Å². The second-order valence-corrected chi connectivity index (χ2v) is 5.81. The molecule has 0 aromatic carbocycles. The van der Waals surface area contributed by atoms with E-state index in [1.807, 2.05) is 7.05 Å². The maximum absolute atomic E-state index is 5.56. The lowest BCUT2D eigenvalue weighted by molar-refractivity contribution is 0.0846. The zero-order chi connectivity index (χ0) is 13.7. The Morgan fingerprint density at radius 1 is 1.39 bits per heavy atom. The molecule has 5 heteroatoms. The summed E-state index contributed by atoms with van der Waals surface area (Å²) < 4.78 is 5.56. The third-order valence-corrected chi connectivity index (χ3v) is 4.31. The maximum atomic E-state index is 5.56. The first-order chi connectivity index (χ1) is 8.45. The fourth-order valence-electron chi connectivity index (χ4n) is 1.61. The van der Waals surface area contributed by atoms with E-state index in [1.54, 1.807) is 11.3 Å². The summed E-state index contributed by atoms with van der Waals surface area (Å²) in [5.41, 5.74) is 1.12. The Kier molecular flexibility index (Phi) is 6.05. The van der Waals surface area contributed by atoms with Gasteiger partial charge in [-0.3, -0.25) is 0 Å². The lowest BCUT2D eigenvalue weighted by atomic mass is 10.2. The summed E-state index contributed by atoms with van der Waals surface area (Å²) >= 11 is 1.76. The van der Waals surface area contributed by atoms with Gasteiger partial charge in [0.2, 0.25) is 0 Å². The number of nitrogens with one attached hydrogen (secondary N) is 1. The molecule has 1 rings (SSSR count). The van der Waals surface area contributed by atoms with Gasteiger partial charge in [-0.1, -0.05) is 0 Å². The molecular formula is C13H25N3OS. The standard InChI is InChI=1S/C13H25N3OS/c1-9(2)17-8-7-16(6)13-15-11(4)12(18-13)10(3)14-5/h9-10,14H,7-8H2,1-6H3. The predicted molar refractivity (Wildman–Crippen MR) is 78.7 cm³/mol. The van der Waals surface area contributed by atoms with Gasteiger partial charge in [0.25, 0.3) is 0 Å². The lowest BCUT2D eigenvalue weighted by Gasteiger charge is -2.16. The first-order valence-corrected chi connectivity index (χ1v) is 7.24. The minimum absolute atomic E-state index is 0.288. The molecule has 1 heterocycles. The van der Waals surface area contributed by atoms with Gasteiger partial charge in [-0.05, 0) is 34.7 Å². The van der Waals surface area contributed by atoms with Gasteiger partial charge in [0.1, 0.15) is 0 Å². The zero-order valence-corrected chi connectivity index (χ0v) is 13.1. The highest BCUT2D eigenvalue weighted by molar-refractivity contribution is 7.15. The monoisotopic (exact) mass is 271 g/mol. The summed E-state index contributed by atoms with van der Waals surface area (Å²) in [6.07, 6.45) is 0.288. The molecule has 0 spiro atoms. The van der Waals surface area contributed by atoms with Crippen LogP contribution in [0.3, 0.4) is 0 Å². The number of thiazole rings is 1. The van der Waals surface area contributed by atoms with Crippen molar-refractivity contribution in [1.29, 1.82) is 0 Å². The van der Waals surface area contributed by atoms with Gasteiger partial charge in [-0.2, -0.15) is 0 Å². The highest BCUT2D eigenvalue weighted by atomic mass is 32.1. The maximum Gasteiger partial charge on any atom is 0.185 e. The van der Waals surface area contributed by atoms with Crippen molar-refractivity contribution in [1.82, 2.24) is 10.3 Å². The molecule has 104 valence electrons. The number of nitrogens with zero attached hydrogens (tertiary/aromatic N) is 2. The molecule has 1 aromatic heterocycles. The van der Waals surface area contributed by atoms with Crippen molar-refractivity contribution < 1.29 is 4.74 Å². The normalized spacial score (nSPS) is 13.1. The molecule has 1 aromatic rings. The molecule has 0 saturated carbocycles. The molecular weight excluding hydrogens is 246 g/mol. The second-order valence-electron chi connectivity index (χ2n) is 4.80. The van der Waals surface area contributed by atoms with Gasteiger partial charge in [0, 0.05) is 24.5 Å². The van der Waals surface area contributed by atoms with Crippen LogP contribution in [0.4, 0.5) is 5.13 Å². The Morgan fingerprint density at radius 2 is 2.06 bits per heavy atom.